The van der Waals surface area contributed by atoms with Gasteiger partial charge in [-0.3, -0.25) is 5.41 Å². The number of hydrogen-bond donors (Lipinski definition) is 3. The summed E-state index contributed by atoms with van der Waals surface area (Å²) in [4.78, 5) is 6.39. The number of nitrogen functional groups attached to an aromatic ring is 1. The van der Waals surface area contributed by atoms with Gasteiger partial charge in [-0.25, -0.2) is 4.98 Å². The second-order valence-electron chi connectivity index (χ2n) is 4.13. The lowest BCUT2D eigenvalue weighted by atomic mass is 10.2. The van der Waals surface area contributed by atoms with Crippen molar-refractivity contribution >= 4 is 11.7 Å². The quantitative estimate of drug-likeness (QED) is 0.492. The molecule has 2 heterocycles. The molecule has 1 aliphatic heterocycles. The number of aryl methyl sites for hydroxylation is 1. The number of nitrogens with one attached hydrogen (secondary N) is 1. The van der Waals surface area contributed by atoms with Crippen molar-refractivity contribution < 1.29 is 5.11 Å². The van der Waals surface area contributed by atoms with Crippen LogP contribution < -0.4 is 10.6 Å². The van der Waals surface area contributed by atoms with E-state index in [1.165, 1.54) is 0 Å². The average molecular weight is 220 g/mol. The first-order valence-electron chi connectivity index (χ1n) is 5.33. The van der Waals surface area contributed by atoms with Crippen molar-refractivity contribution in [3.8, 4) is 0 Å². The molecule has 16 heavy (non-hydrogen) atoms. The molecule has 1 atom stereocenters. The van der Waals surface area contributed by atoms with E-state index in [9.17, 15) is 5.11 Å². The summed E-state index contributed by atoms with van der Waals surface area (Å²) in [7, 11) is 0. The Labute approximate surface area is 94.4 Å². The van der Waals surface area contributed by atoms with E-state index in [1.54, 1.807) is 0 Å². The van der Waals surface area contributed by atoms with E-state index in [0.717, 1.165) is 18.7 Å². The fourth-order valence-corrected chi connectivity index (χ4v) is 1.93. The van der Waals surface area contributed by atoms with Gasteiger partial charge in [0.2, 0.25) is 0 Å². The summed E-state index contributed by atoms with van der Waals surface area (Å²) in [6.45, 7) is 3.23. The third-order valence-corrected chi connectivity index (χ3v) is 2.77. The first kappa shape index (κ1) is 10.9. The molecule has 86 valence electrons. The first-order valence-corrected chi connectivity index (χ1v) is 5.33. The van der Waals surface area contributed by atoms with Gasteiger partial charge in [0.05, 0.1) is 11.7 Å². The summed E-state index contributed by atoms with van der Waals surface area (Å²) in [5.41, 5.74) is 7.05. The van der Waals surface area contributed by atoms with E-state index in [2.05, 4.69) is 4.98 Å². The van der Waals surface area contributed by atoms with Gasteiger partial charge in [0.15, 0.2) is 0 Å². The van der Waals surface area contributed by atoms with Gasteiger partial charge in [0.25, 0.3) is 0 Å². The zero-order valence-electron chi connectivity index (χ0n) is 9.27. The largest absolute Gasteiger partial charge is 0.391 e. The fraction of sp³-hybridized carbons (Fsp3) is 0.455. The van der Waals surface area contributed by atoms with Crippen LogP contribution in [0.3, 0.4) is 0 Å². The number of β-amino-alcohol motifs (C(OH)–C–C–N with tert-alkyl or cyclic N) is 1. The van der Waals surface area contributed by atoms with Crippen LogP contribution >= 0.6 is 0 Å². The summed E-state index contributed by atoms with van der Waals surface area (Å²) in [5, 5.41) is 17.0. The van der Waals surface area contributed by atoms with Crippen molar-refractivity contribution in [1.29, 1.82) is 5.41 Å². The number of nitrogens with two attached hydrogens (primary N) is 1. The monoisotopic (exact) mass is 220 g/mol. The van der Waals surface area contributed by atoms with E-state index in [4.69, 9.17) is 11.1 Å². The molecule has 4 N–H and O–H groups in total. The molecule has 5 nitrogen and oxygen atoms in total. The van der Waals surface area contributed by atoms with E-state index in [0.29, 0.717) is 17.9 Å². The molecular weight excluding hydrogens is 204 g/mol. The Morgan fingerprint density at radius 2 is 2.38 bits per heavy atom. The number of aliphatic hydroxyl groups excluding tert-OH is 1. The van der Waals surface area contributed by atoms with Crippen LogP contribution in [0, 0.1) is 12.3 Å². The van der Waals surface area contributed by atoms with E-state index >= 15 is 0 Å². The highest BCUT2D eigenvalue weighted by molar-refractivity contribution is 5.99. The summed E-state index contributed by atoms with van der Waals surface area (Å²) in [6, 6.07) is 3.65. The summed E-state index contributed by atoms with van der Waals surface area (Å²) < 4.78 is 0. The maximum absolute atomic E-state index is 9.51. The molecule has 1 unspecified atom stereocenters. The van der Waals surface area contributed by atoms with Crippen LogP contribution in [0.5, 0.6) is 0 Å². The Kier molecular flexibility index (Phi) is 2.78. The molecule has 0 amide bonds. The highest BCUT2D eigenvalue weighted by Crippen LogP contribution is 2.22. The first-order chi connectivity index (χ1) is 7.58. The van der Waals surface area contributed by atoms with Gasteiger partial charge in [-0.15, -0.1) is 0 Å². The molecule has 0 aliphatic carbocycles. The van der Waals surface area contributed by atoms with Crippen LogP contribution in [0.2, 0.25) is 0 Å². The lowest BCUT2D eigenvalue weighted by Crippen LogP contribution is -2.26. The zero-order valence-corrected chi connectivity index (χ0v) is 9.27. The number of anilines is 1. The number of amidine groups is 1. The molecule has 1 aromatic heterocycles. The van der Waals surface area contributed by atoms with Crippen LogP contribution in [-0.2, 0) is 0 Å². The predicted octanol–water partition coefficient (Wildman–Crippen LogP) is 0.245. The van der Waals surface area contributed by atoms with E-state index in [1.807, 2.05) is 24.0 Å². The van der Waals surface area contributed by atoms with Crippen LogP contribution in [0.4, 0.5) is 5.82 Å². The average Bonchev–Trinajstić information content (AvgIpc) is 2.64. The van der Waals surface area contributed by atoms with Crippen LogP contribution in [0.25, 0.3) is 0 Å². The maximum atomic E-state index is 9.51. The Hall–Kier alpha value is -1.62. The molecule has 5 heteroatoms. The predicted molar refractivity (Wildman–Crippen MR) is 62.8 cm³/mol. The van der Waals surface area contributed by atoms with Crippen LogP contribution in [0.1, 0.15) is 17.7 Å². The molecule has 0 aromatic carbocycles. The Morgan fingerprint density at radius 1 is 1.62 bits per heavy atom. The normalized spacial score (nSPS) is 20.1. The molecule has 0 saturated carbocycles. The highest BCUT2D eigenvalue weighted by atomic mass is 16.3. The molecular formula is C11H16N4O. The number of rotatable bonds is 2. The fourth-order valence-electron chi connectivity index (χ4n) is 1.93. The van der Waals surface area contributed by atoms with Crippen LogP contribution in [-0.4, -0.2) is 35.1 Å². The number of hydrogen-bond acceptors (Lipinski definition) is 4. The second-order valence-corrected chi connectivity index (χ2v) is 4.13. The Balaban J connectivity index is 2.37. The SMILES string of the molecule is Cc1ccc(C(=N)N)c(N2CCC(O)C2)n1. The van der Waals surface area contributed by atoms with Gasteiger partial charge < -0.3 is 15.7 Å². The van der Waals surface area contributed by atoms with E-state index < -0.39 is 0 Å². The van der Waals surface area contributed by atoms with Gasteiger partial charge in [-0.2, -0.15) is 0 Å². The number of nitrogens with zero attached hydrogens (tertiary/aromatic N) is 2. The smallest absolute Gasteiger partial charge is 0.139 e. The Bertz CT molecular complexity index is 418. The van der Waals surface area contributed by atoms with Gasteiger partial charge >= 0.3 is 0 Å². The summed E-state index contributed by atoms with van der Waals surface area (Å²) >= 11 is 0. The van der Waals surface area contributed by atoms with Crippen molar-refractivity contribution in [3.63, 3.8) is 0 Å². The minimum absolute atomic E-state index is 0.0175. The number of pyridine rings is 1. The number of aliphatic hydroxyl groups is 1. The Morgan fingerprint density at radius 3 is 2.94 bits per heavy atom. The third-order valence-electron chi connectivity index (χ3n) is 2.77. The zero-order chi connectivity index (χ0) is 11.7. The molecule has 0 bridgehead atoms. The van der Waals surface area contributed by atoms with Gasteiger partial charge in [-0.1, -0.05) is 0 Å². The van der Waals surface area contributed by atoms with Crippen molar-refractivity contribution in [2.24, 2.45) is 5.73 Å². The lowest BCUT2D eigenvalue weighted by Gasteiger charge is -2.20. The third kappa shape index (κ3) is 1.99. The van der Waals surface area contributed by atoms with E-state index in [-0.39, 0.29) is 11.9 Å². The summed E-state index contributed by atoms with van der Waals surface area (Å²) in [5.74, 6) is 0.730. The molecule has 0 spiro atoms. The number of aromatic nitrogens is 1. The standard InChI is InChI=1S/C11H16N4O/c1-7-2-3-9(10(12)13)11(14-7)15-5-4-8(16)6-15/h2-3,8,16H,4-6H2,1H3,(H3,12,13). The van der Waals surface area contributed by atoms with Gasteiger partial charge in [0, 0.05) is 18.8 Å². The molecule has 1 fully saturated rings. The minimum atomic E-state index is -0.304. The van der Waals surface area contributed by atoms with Crippen molar-refractivity contribution in [1.82, 2.24) is 4.98 Å². The summed E-state index contributed by atoms with van der Waals surface area (Å²) in [6.07, 6.45) is 0.439. The molecule has 0 radical (unpaired) electrons. The van der Waals surface area contributed by atoms with Gasteiger partial charge in [-0.05, 0) is 25.5 Å². The molecule has 1 saturated heterocycles. The van der Waals surface area contributed by atoms with Crippen molar-refractivity contribution in [2.45, 2.75) is 19.4 Å². The van der Waals surface area contributed by atoms with Gasteiger partial charge in [0.1, 0.15) is 11.7 Å². The lowest BCUT2D eigenvalue weighted by molar-refractivity contribution is 0.198. The second kappa shape index (κ2) is 4.09. The molecule has 1 aromatic rings. The molecule has 1 aliphatic rings. The molecule has 2 rings (SSSR count). The van der Waals surface area contributed by atoms with Crippen LogP contribution in [0.15, 0.2) is 12.1 Å². The van der Waals surface area contributed by atoms with Crippen molar-refractivity contribution in [2.75, 3.05) is 18.0 Å². The maximum Gasteiger partial charge on any atom is 0.139 e. The topological polar surface area (TPSA) is 86.2 Å². The minimum Gasteiger partial charge on any atom is -0.391 e. The highest BCUT2D eigenvalue weighted by Gasteiger charge is 2.24. The van der Waals surface area contributed by atoms with Crippen molar-refractivity contribution in [3.05, 3.63) is 23.4 Å².